The van der Waals surface area contributed by atoms with Crippen molar-refractivity contribution in [3.05, 3.63) is 23.7 Å². The second kappa shape index (κ2) is 6.18. The highest BCUT2D eigenvalue weighted by molar-refractivity contribution is 5.90. The Bertz CT molecular complexity index is 432. The van der Waals surface area contributed by atoms with Gasteiger partial charge in [-0.05, 0) is 45.1 Å². The zero-order valence-electron chi connectivity index (χ0n) is 11.6. The van der Waals surface area contributed by atoms with E-state index in [0.29, 0.717) is 6.54 Å². The summed E-state index contributed by atoms with van der Waals surface area (Å²) in [7, 11) is 4.23. The van der Waals surface area contributed by atoms with E-state index >= 15 is 0 Å². The van der Waals surface area contributed by atoms with Crippen LogP contribution in [0.3, 0.4) is 0 Å². The van der Waals surface area contributed by atoms with Gasteiger partial charge < -0.3 is 9.32 Å². The Morgan fingerprint density at radius 1 is 1.63 bits per heavy atom. The number of carbonyl (C=O) groups is 1. The van der Waals surface area contributed by atoms with E-state index in [2.05, 4.69) is 29.3 Å². The smallest absolute Gasteiger partial charge is 0.300 e. The number of hydrazine groups is 1. The Labute approximate surface area is 113 Å². The Kier molecular flexibility index (Phi) is 4.57. The summed E-state index contributed by atoms with van der Waals surface area (Å²) in [6.45, 7) is 4.09. The van der Waals surface area contributed by atoms with Crippen LogP contribution in [0.4, 0.5) is 0 Å². The van der Waals surface area contributed by atoms with Gasteiger partial charge in [0.15, 0.2) is 5.76 Å². The van der Waals surface area contributed by atoms with E-state index in [4.69, 9.17) is 10.3 Å². The number of amides is 1. The highest BCUT2D eigenvalue weighted by Crippen LogP contribution is 2.17. The number of rotatable bonds is 5. The number of nitrogens with two attached hydrogens (primary N) is 1. The van der Waals surface area contributed by atoms with Crippen LogP contribution in [0, 0.1) is 5.92 Å². The van der Waals surface area contributed by atoms with E-state index in [1.165, 1.54) is 13.0 Å². The predicted octanol–water partition coefficient (Wildman–Crippen LogP) is 0.267. The summed E-state index contributed by atoms with van der Waals surface area (Å²) in [6.07, 6.45) is 1.25. The van der Waals surface area contributed by atoms with Crippen LogP contribution in [0.2, 0.25) is 0 Å². The third-order valence-electron chi connectivity index (χ3n) is 3.50. The number of nitrogens with zero attached hydrogens (tertiary/aromatic N) is 2. The highest BCUT2D eigenvalue weighted by Gasteiger charge is 2.21. The number of furan rings is 1. The lowest BCUT2D eigenvalue weighted by Gasteiger charge is -2.19. The number of nitrogen functional groups attached to an aromatic ring is 1. The van der Waals surface area contributed by atoms with Crippen LogP contribution in [-0.2, 0) is 6.54 Å². The molecule has 6 heteroatoms. The van der Waals surface area contributed by atoms with Gasteiger partial charge in [-0.1, -0.05) is 0 Å². The molecule has 1 aliphatic rings. The van der Waals surface area contributed by atoms with Crippen molar-refractivity contribution in [1.29, 1.82) is 0 Å². The molecule has 1 amide bonds. The first-order valence-electron chi connectivity index (χ1n) is 6.55. The lowest BCUT2D eigenvalue weighted by molar-refractivity contribution is 0.0922. The molecule has 0 spiro atoms. The van der Waals surface area contributed by atoms with Gasteiger partial charge in [0.2, 0.25) is 0 Å². The average molecular weight is 266 g/mol. The molecule has 0 aromatic carbocycles. The van der Waals surface area contributed by atoms with Crippen LogP contribution >= 0.6 is 0 Å². The van der Waals surface area contributed by atoms with Crippen LogP contribution < -0.4 is 11.3 Å². The summed E-state index contributed by atoms with van der Waals surface area (Å²) in [6, 6.07) is 3.47. The normalized spacial score (nSPS) is 20.1. The first-order valence-corrected chi connectivity index (χ1v) is 6.55. The predicted molar refractivity (Wildman–Crippen MR) is 72.3 cm³/mol. The fraction of sp³-hybridized carbons (Fsp3) is 0.615. The lowest BCUT2D eigenvalue weighted by Crippen LogP contribution is -2.29. The number of hydrogen-bond acceptors (Lipinski definition) is 5. The minimum absolute atomic E-state index is 0.256. The maximum Gasteiger partial charge on any atom is 0.300 e. The van der Waals surface area contributed by atoms with Gasteiger partial charge in [0.05, 0.1) is 6.54 Å². The van der Waals surface area contributed by atoms with E-state index in [1.807, 2.05) is 6.07 Å². The molecule has 0 aliphatic carbocycles. The van der Waals surface area contributed by atoms with E-state index in [-0.39, 0.29) is 5.76 Å². The van der Waals surface area contributed by atoms with Crippen LogP contribution in [0.15, 0.2) is 16.5 Å². The second-order valence-corrected chi connectivity index (χ2v) is 5.35. The summed E-state index contributed by atoms with van der Waals surface area (Å²) >= 11 is 0. The zero-order chi connectivity index (χ0) is 13.8. The Morgan fingerprint density at radius 3 is 3.05 bits per heavy atom. The largest absolute Gasteiger partial charge is 0.455 e. The third kappa shape index (κ3) is 3.79. The summed E-state index contributed by atoms with van der Waals surface area (Å²) in [5.41, 5.74) is 2.06. The zero-order valence-corrected chi connectivity index (χ0v) is 11.6. The molecule has 2 heterocycles. The molecule has 19 heavy (non-hydrogen) atoms. The Hall–Kier alpha value is -1.37. The third-order valence-corrected chi connectivity index (χ3v) is 3.50. The van der Waals surface area contributed by atoms with Crippen molar-refractivity contribution < 1.29 is 9.21 Å². The van der Waals surface area contributed by atoms with Crippen molar-refractivity contribution in [2.45, 2.75) is 13.0 Å². The van der Waals surface area contributed by atoms with Crippen molar-refractivity contribution in [3.63, 3.8) is 0 Å². The fourth-order valence-corrected chi connectivity index (χ4v) is 2.60. The number of carbonyl (C=O) groups excluding carboxylic acids is 1. The molecule has 106 valence electrons. The average Bonchev–Trinajstić information content (AvgIpc) is 2.98. The summed E-state index contributed by atoms with van der Waals surface area (Å²) in [5, 5.41) is 0. The Morgan fingerprint density at radius 2 is 2.42 bits per heavy atom. The van der Waals surface area contributed by atoms with Gasteiger partial charge in [-0.25, -0.2) is 5.84 Å². The molecule has 0 radical (unpaired) electrons. The topological polar surface area (TPSA) is 74.7 Å². The standard InChI is InChI=1S/C13H22N4O2/c1-16-6-5-10(7-16)8-17(2)9-11-3-4-12(19-11)13(18)15-14/h3-4,10H,5-9,14H2,1-2H3,(H,15,18). The van der Waals surface area contributed by atoms with Gasteiger partial charge in [-0.3, -0.25) is 15.1 Å². The molecule has 6 nitrogen and oxygen atoms in total. The summed E-state index contributed by atoms with van der Waals surface area (Å²) in [4.78, 5) is 15.9. The van der Waals surface area contributed by atoms with Crippen LogP contribution in [0.1, 0.15) is 22.7 Å². The van der Waals surface area contributed by atoms with Crippen LogP contribution in [0.25, 0.3) is 0 Å². The molecular weight excluding hydrogens is 244 g/mol. The van der Waals surface area contributed by atoms with Crippen LogP contribution in [-0.4, -0.2) is 49.4 Å². The summed E-state index contributed by atoms with van der Waals surface area (Å²) in [5.74, 6) is 6.42. The number of nitrogens with one attached hydrogen (secondary N) is 1. The first-order chi connectivity index (χ1) is 9.08. The molecule has 1 aromatic heterocycles. The maximum absolute atomic E-state index is 11.3. The van der Waals surface area contributed by atoms with Crippen molar-refractivity contribution in [3.8, 4) is 0 Å². The van der Waals surface area contributed by atoms with E-state index < -0.39 is 5.91 Å². The van der Waals surface area contributed by atoms with E-state index in [0.717, 1.165) is 24.8 Å². The van der Waals surface area contributed by atoms with Gasteiger partial charge in [0.1, 0.15) is 5.76 Å². The fourth-order valence-electron chi connectivity index (χ4n) is 2.60. The van der Waals surface area contributed by atoms with Crippen molar-refractivity contribution in [2.24, 2.45) is 11.8 Å². The molecule has 1 fully saturated rings. The minimum atomic E-state index is -0.397. The van der Waals surface area contributed by atoms with Gasteiger partial charge in [-0.15, -0.1) is 0 Å². The molecular formula is C13H22N4O2. The van der Waals surface area contributed by atoms with Gasteiger partial charge in [0.25, 0.3) is 0 Å². The molecule has 1 aromatic rings. The van der Waals surface area contributed by atoms with Gasteiger partial charge in [-0.2, -0.15) is 0 Å². The molecule has 1 saturated heterocycles. The second-order valence-electron chi connectivity index (χ2n) is 5.35. The molecule has 0 saturated carbocycles. The lowest BCUT2D eigenvalue weighted by atomic mass is 10.1. The highest BCUT2D eigenvalue weighted by atomic mass is 16.4. The molecule has 2 rings (SSSR count). The SMILES string of the molecule is CN1CCC(CN(C)Cc2ccc(C(=O)NN)o2)C1. The number of likely N-dealkylation sites (tertiary alicyclic amines) is 1. The first kappa shape index (κ1) is 14.0. The molecule has 3 N–H and O–H groups in total. The quantitative estimate of drug-likeness (QED) is 0.454. The summed E-state index contributed by atoms with van der Waals surface area (Å²) < 4.78 is 5.45. The van der Waals surface area contributed by atoms with Gasteiger partial charge in [0, 0.05) is 13.1 Å². The van der Waals surface area contributed by atoms with Crippen molar-refractivity contribution in [2.75, 3.05) is 33.7 Å². The molecule has 0 bridgehead atoms. The number of hydrogen-bond donors (Lipinski definition) is 2. The van der Waals surface area contributed by atoms with E-state index in [1.54, 1.807) is 6.07 Å². The van der Waals surface area contributed by atoms with Crippen molar-refractivity contribution in [1.82, 2.24) is 15.2 Å². The molecule has 1 unspecified atom stereocenters. The molecule has 1 atom stereocenters. The Balaban J connectivity index is 1.83. The molecule has 1 aliphatic heterocycles. The van der Waals surface area contributed by atoms with E-state index in [9.17, 15) is 4.79 Å². The van der Waals surface area contributed by atoms with Crippen molar-refractivity contribution >= 4 is 5.91 Å². The minimum Gasteiger partial charge on any atom is -0.455 e. The van der Waals surface area contributed by atoms with Crippen LogP contribution in [0.5, 0.6) is 0 Å². The van der Waals surface area contributed by atoms with Gasteiger partial charge >= 0.3 is 5.91 Å². The monoisotopic (exact) mass is 266 g/mol. The maximum atomic E-state index is 11.3.